The van der Waals surface area contributed by atoms with Crippen molar-refractivity contribution in [1.29, 1.82) is 0 Å². The smallest absolute Gasteiger partial charge is 0.00506 e. The zero-order valence-electron chi connectivity index (χ0n) is 7.89. The molecular formula is C11H19N. The van der Waals surface area contributed by atoms with E-state index in [1.54, 1.807) is 0 Å². The van der Waals surface area contributed by atoms with Gasteiger partial charge >= 0.3 is 0 Å². The van der Waals surface area contributed by atoms with Crippen LogP contribution in [-0.4, -0.2) is 24.5 Å². The fraction of sp³-hybridized carbons (Fsp3) is 1.00. The molecule has 2 aliphatic carbocycles. The van der Waals surface area contributed by atoms with Gasteiger partial charge in [0.25, 0.3) is 0 Å². The van der Waals surface area contributed by atoms with Crippen molar-refractivity contribution in [2.45, 2.75) is 38.5 Å². The van der Waals surface area contributed by atoms with Crippen LogP contribution in [-0.2, 0) is 0 Å². The molecule has 0 bridgehead atoms. The second-order valence-electron chi connectivity index (χ2n) is 5.32. The molecule has 1 spiro atoms. The summed E-state index contributed by atoms with van der Waals surface area (Å²) in [4.78, 5) is 2.70. The fourth-order valence-electron chi connectivity index (χ4n) is 3.06. The summed E-state index contributed by atoms with van der Waals surface area (Å²) in [6.45, 7) is 4.33. The Bertz CT molecular complexity index is 169. The summed E-state index contributed by atoms with van der Waals surface area (Å²) in [6, 6.07) is 0. The highest BCUT2D eigenvalue weighted by molar-refractivity contribution is 5.00. The van der Waals surface area contributed by atoms with E-state index < -0.39 is 0 Å². The SMILES string of the molecule is C1CC(CN2CC3(CCC3)C2)C1. The van der Waals surface area contributed by atoms with Gasteiger partial charge in [0.05, 0.1) is 0 Å². The second kappa shape index (κ2) is 2.47. The molecule has 1 saturated heterocycles. The van der Waals surface area contributed by atoms with Crippen molar-refractivity contribution in [3.05, 3.63) is 0 Å². The molecule has 68 valence electrons. The molecule has 12 heavy (non-hydrogen) atoms. The molecule has 0 N–H and O–H groups in total. The molecule has 0 aromatic carbocycles. The van der Waals surface area contributed by atoms with Gasteiger partial charge in [-0.2, -0.15) is 0 Å². The third-order valence-corrected chi connectivity index (χ3v) is 4.27. The molecule has 1 heterocycles. The molecule has 0 amide bonds. The van der Waals surface area contributed by atoms with E-state index in [0.29, 0.717) is 0 Å². The van der Waals surface area contributed by atoms with Crippen molar-refractivity contribution in [2.24, 2.45) is 11.3 Å². The van der Waals surface area contributed by atoms with Crippen molar-refractivity contribution < 1.29 is 0 Å². The highest BCUT2D eigenvalue weighted by Crippen LogP contribution is 2.48. The number of hydrogen-bond acceptors (Lipinski definition) is 1. The zero-order chi connectivity index (χ0) is 8.02. The molecule has 0 atom stereocenters. The average molecular weight is 165 g/mol. The van der Waals surface area contributed by atoms with Crippen LogP contribution < -0.4 is 0 Å². The molecule has 1 nitrogen and oxygen atoms in total. The standard InChI is InChI=1S/C11H19N/c1-3-10(4-1)7-12-8-11(9-12)5-2-6-11/h10H,1-9H2. The Morgan fingerprint density at radius 2 is 1.83 bits per heavy atom. The molecule has 0 unspecified atom stereocenters. The molecular weight excluding hydrogens is 146 g/mol. The quantitative estimate of drug-likeness (QED) is 0.606. The number of rotatable bonds is 2. The van der Waals surface area contributed by atoms with Crippen LogP contribution in [0.1, 0.15) is 38.5 Å². The van der Waals surface area contributed by atoms with Crippen molar-refractivity contribution in [3.8, 4) is 0 Å². The van der Waals surface area contributed by atoms with Gasteiger partial charge in [0, 0.05) is 19.6 Å². The van der Waals surface area contributed by atoms with Gasteiger partial charge in [0.2, 0.25) is 0 Å². The summed E-state index contributed by atoms with van der Waals surface area (Å²) in [7, 11) is 0. The van der Waals surface area contributed by atoms with E-state index in [0.717, 1.165) is 11.3 Å². The van der Waals surface area contributed by atoms with E-state index in [9.17, 15) is 0 Å². The number of nitrogens with zero attached hydrogens (tertiary/aromatic N) is 1. The van der Waals surface area contributed by atoms with Crippen LogP contribution in [0.4, 0.5) is 0 Å². The Morgan fingerprint density at radius 1 is 1.08 bits per heavy atom. The van der Waals surface area contributed by atoms with Crippen LogP contribution >= 0.6 is 0 Å². The molecule has 3 rings (SSSR count). The Morgan fingerprint density at radius 3 is 2.25 bits per heavy atom. The summed E-state index contributed by atoms with van der Waals surface area (Å²) in [5.41, 5.74) is 0.851. The predicted octanol–water partition coefficient (Wildman–Crippen LogP) is 2.27. The molecule has 0 aromatic heterocycles. The third-order valence-electron chi connectivity index (χ3n) is 4.27. The number of likely N-dealkylation sites (tertiary alicyclic amines) is 1. The maximum absolute atomic E-state index is 2.70. The Kier molecular flexibility index (Phi) is 1.52. The van der Waals surface area contributed by atoms with Gasteiger partial charge in [-0.15, -0.1) is 0 Å². The third kappa shape index (κ3) is 1.02. The van der Waals surface area contributed by atoms with Crippen molar-refractivity contribution in [2.75, 3.05) is 19.6 Å². The highest BCUT2D eigenvalue weighted by atomic mass is 15.2. The summed E-state index contributed by atoms with van der Waals surface area (Å²) < 4.78 is 0. The highest BCUT2D eigenvalue weighted by Gasteiger charge is 2.47. The normalized spacial score (nSPS) is 34.0. The lowest BCUT2D eigenvalue weighted by Gasteiger charge is -2.57. The monoisotopic (exact) mass is 165 g/mol. The number of hydrogen-bond donors (Lipinski definition) is 0. The van der Waals surface area contributed by atoms with E-state index >= 15 is 0 Å². The first-order chi connectivity index (χ1) is 5.86. The maximum Gasteiger partial charge on any atom is 0.00506 e. The molecule has 1 aliphatic heterocycles. The van der Waals surface area contributed by atoms with Gasteiger partial charge < -0.3 is 4.90 Å². The van der Waals surface area contributed by atoms with Gasteiger partial charge in [-0.1, -0.05) is 12.8 Å². The molecule has 1 heteroatoms. The largest absolute Gasteiger partial charge is 0.302 e. The van der Waals surface area contributed by atoms with Crippen LogP contribution in [0.25, 0.3) is 0 Å². The first kappa shape index (κ1) is 7.37. The Hall–Kier alpha value is -0.0400. The minimum atomic E-state index is 0.851. The van der Waals surface area contributed by atoms with Gasteiger partial charge in [-0.25, -0.2) is 0 Å². The Balaban J connectivity index is 1.43. The van der Waals surface area contributed by atoms with Gasteiger partial charge in [-0.3, -0.25) is 0 Å². The first-order valence-corrected chi connectivity index (χ1v) is 5.59. The van der Waals surface area contributed by atoms with Crippen LogP contribution in [0.15, 0.2) is 0 Å². The van der Waals surface area contributed by atoms with E-state index in [1.807, 2.05) is 0 Å². The summed E-state index contributed by atoms with van der Waals surface area (Å²) >= 11 is 0. The maximum atomic E-state index is 2.70. The summed E-state index contributed by atoms with van der Waals surface area (Å²) in [5, 5.41) is 0. The van der Waals surface area contributed by atoms with Crippen molar-refractivity contribution >= 4 is 0 Å². The van der Waals surface area contributed by atoms with E-state index in [-0.39, 0.29) is 0 Å². The fourth-order valence-corrected chi connectivity index (χ4v) is 3.06. The lowest BCUT2D eigenvalue weighted by Crippen LogP contribution is -2.60. The van der Waals surface area contributed by atoms with Crippen LogP contribution in [0.5, 0.6) is 0 Å². The predicted molar refractivity (Wildman–Crippen MR) is 50.1 cm³/mol. The molecule has 2 saturated carbocycles. The zero-order valence-corrected chi connectivity index (χ0v) is 7.89. The molecule has 3 aliphatic rings. The van der Waals surface area contributed by atoms with Crippen LogP contribution in [0, 0.1) is 11.3 Å². The van der Waals surface area contributed by atoms with E-state index in [1.165, 1.54) is 58.2 Å². The van der Waals surface area contributed by atoms with E-state index in [4.69, 9.17) is 0 Å². The Labute approximate surface area is 75.1 Å². The minimum absolute atomic E-state index is 0.851. The first-order valence-electron chi connectivity index (χ1n) is 5.59. The lowest BCUT2D eigenvalue weighted by atomic mass is 9.63. The van der Waals surface area contributed by atoms with Gasteiger partial charge in [0.15, 0.2) is 0 Å². The van der Waals surface area contributed by atoms with Crippen molar-refractivity contribution in [1.82, 2.24) is 4.90 Å². The van der Waals surface area contributed by atoms with Crippen molar-refractivity contribution in [3.63, 3.8) is 0 Å². The minimum Gasteiger partial charge on any atom is -0.302 e. The second-order valence-corrected chi connectivity index (χ2v) is 5.32. The molecule has 0 radical (unpaired) electrons. The molecule has 0 aromatic rings. The lowest BCUT2D eigenvalue weighted by molar-refractivity contribution is -0.0712. The summed E-state index contributed by atoms with van der Waals surface area (Å²) in [6.07, 6.45) is 9.12. The van der Waals surface area contributed by atoms with Gasteiger partial charge in [0.1, 0.15) is 0 Å². The van der Waals surface area contributed by atoms with Crippen LogP contribution in [0.3, 0.4) is 0 Å². The van der Waals surface area contributed by atoms with Gasteiger partial charge in [-0.05, 0) is 37.0 Å². The summed E-state index contributed by atoms with van der Waals surface area (Å²) in [5.74, 6) is 1.09. The topological polar surface area (TPSA) is 3.24 Å². The van der Waals surface area contributed by atoms with E-state index in [2.05, 4.69) is 4.90 Å². The average Bonchev–Trinajstić information content (AvgIpc) is 1.76. The van der Waals surface area contributed by atoms with Crippen LogP contribution in [0.2, 0.25) is 0 Å². The molecule has 3 fully saturated rings.